The van der Waals surface area contributed by atoms with Crippen LogP contribution in [0.15, 0.2) is 48.5 Å². The van der Waals surface area contributed by atoms with E-state index < -0.39 is 0 Å². The molecular weight excluding hydrogens is 300 g/mol. The van der Waals surface area contributed by atoms with Gasteiger partial charge in [0.05, 0.1) is 0 Å². The minimum Gasteiger partial charge on any atom is -0.349 e. The first-order valence-electron chi connectivity index (χ1n) is 8.51. The molecule has 0 aromatic heterocycles. The number of hydrogen-bond donors (Lipinski definition) is 2. The van der Waals surface area contributed by atoms with Gasteiger partial charge in [0.15, 0.2) is 0 Å². The lowest BCUT2D eigenvalue weighted by Gasteiger charge is -2.08. The molecule has 0 heterocycles. The molecule has 4 nitrogen and oxygen atoms in total. The predicted molar refractivity (Wildman–Crippen MR) is 92.9 cm³/mol. The van der Waals surface area contributed by atoms with Crippen LogP contribution in [0.25, 0.3) is 11.1 Å². The van der Waals surface area contributed by atoms with E-state index in [-0.39, 0.29) is 11.8 Å². The second-order valence-electron chi connectivity index (χ2n) is 6.65. The summed E-state index contributed by atoms with van der Waals surface area (Å²) in [7, 11) is 0. The molecule has 0 saturated heterocycles. The van der Waals surface area contributed by atoms with Gasteiger partial charge >= 0.3 is 0 Å². The Balaban J connectivity index is 1.50. The van der Waals surface area contributed by atoms with Gasteiger partial charge < -0.3 is 10.6 Å². The quantitative estimate of drug-likeness (QED) is 0.889. The van der Waals surface area contributed by atoms with Gasteiger partial charge in [-0.15, -0.1) is 0 Å². The predicted octanol–water partition coefficient (Wildman–Crippen LogP) is 3.14. The molecule has 122 valence electrons. The van der Waals surface area contributed by atoms with Crippen LogP contribution in [0.4, 0.5) is 0 Å². The minimum absolute atomic E-state index is 0.0124. The summed E-state index contributed by atoms with van der Waals surface area (Å²) in [5.74, 6) is -0.0265. The monoisotopic (exact) mass is 320 g/mol. The minimum atomic E-state index is -0.0141. The van der Waals surface area contributed by atoms with E-state index >= 15 is 0 Å². The fraction of sp³-hybridized carbons (Fsp3) is 0.300. The maximum absolute atomic E-state index is 12.2. The molecule has 2 saturated carbocycles. The molecule has 2 aliphatic rings. The Morgan fingerprint density at radius 3 is 1.88 bits per heavy atom. The summed E-state index contributed by atoms with van der Waals surface area (Å²) in [6.07, 6.45) is 4.32. The highest BCUT2D eigenvalue weighted by molar-refractivity contribution is 5.96. The second kappa shape index (κ2) is 6.11. The lowest BCUT2D eigenvalue weighted by atomic mass is 10.0. The molecule has 0 aliphatic heterocycles. The molecular formula is C20H20N2O2. The first-order valence-corrected chi connectivity index (χ1v) is 8.51. The van der Waals surface area contributed by atoms with Crippen molar-refractivity contribution in [1.82, 2.24) is 10.6 Å². The molecule has 0 radical (unpaired) electrons. The van der Waals surface area contributed by atoms with Gasteiger partial charge in [0.25, 0.3) is 11.8 Å². The summed E-state index contributed by atoms with van der Waals surface area (Å²) in [4.78, 5) is 24.2. The molecule has 24 heavy (non-hydrogen) atoms. The molecule has 0 unspecified atom stereocenters. The number of carbonyl (C=O) groups excluding carboxylic acids is 2. The fourth-order valence-electron chi connectivity index (χ4n) is 2.65. The first kappa shape index (κ1) is 14.9. The highest BCUT2D eigenvalue weighted by Crippen LogP contribution is 2.24. The Bertz CT molecular complexity index is 774. The summed E-state index contributed by atoms with van der Waals surface area (Å²) in [5.41, 5.74) is 3.33. The van der Waals surface area contributed by atoms with Crippen LogP contribution in [0.5, 0.6) is 0 Å². The molecule has 2 aliphatic carbocycles. The average Bonchev–Trinajstić information content (AvgIpc) is 3.52. The molecule has 0 atom stereocenters. The van der Waals surface area contributed by atoms with E-state index in [0.29, 0.717) is 23.2 Å². The van der Waals surface area contributed by atoms with Crippen molar-refractivity contribution < 1.29 is 9.59 Å². The molecule has 4 rings (SSSR count). The topological polar surface area (TPSA) is 58.2 Å². The zero-order valence-electron chi connectivity index (χ0n) is 13.4. The van der Waals surface area contributed by atoms with Gasteiger partial charge in [-0.1, -0.05) is 24.3 Å². The van der Waals surface area contributed by atoms with Crippen LogP contribution in [0.3, 0.4) is 0 Å². The number of carbonyl (C=O) groups is 2. The Morgan fingerprint density at radius 1 is 0.708 bits per heavy atom. The molecule has 2 amide bonds. The fourth-order valence-corrected chi connectivity index (χ4v) is 2.65. The third-order valence-corrected chi connectivity index (χ3v) is 4.43. The van der Waals surface area contributed by atoms with E-state index in [1.54, 1.807) is 0 Å². The molecule has 4 heteroatoms. The average molecular weight is 320 g/mol. The Labute approximate surface area is 141 Å². The van der Waals surface area contributed by atoms with Crippen molar-refractivity contribution in [3.05, 3.63) is 59.7 Å². The van der Waals surface area contributed by atoms with Crippen LogP contribution in [0.1, 0.15) is 46.4 Å². The second-order valence-corrected chi connectivity index (χ2v) is 6.65. The maximum atomic E-state index is 12.2. The number of amides is 2. The van der Waals surface area contributed by atoms with E-state index in [4.69, 9.17) is 0 Å². The first-order chi connectivity index (χ1) is 11.7. The third-order valence-electron chi connectivity index (χ3n) is 4.43. The molecule has 2 fully saturated rings. The Morgan fingerprint density at radius 2 is 1.29 bits per heavy atom. The van der Waals surface area contributed by atoms with Gasteiger partial charge in [0, 0.05) is 23.2 Å². The summed E-state index contributed by atoms with van der Waals surface area (Å²) in [6.45, 7) is 0. The van der Waals surface area contributed by atoms with E-state index in [0.717, 1.165) is 36.8 Å². The van der Waals surface area contributed by atoms with Gasteiger partial charge in [0.2, 0.25) is 0 Å². The van der Waals surface area contributed by atoms with E-state index in [9.17, 15) is 9.59 Å². The summed E-state index contributed by atoms with van der Waals surface area (Å²) in [5, 5.41) is 5.99. The van der Waals surface area contributed by atoms with Crippen LogP contribution in [-0.4, -0.2) is 23.9 Å². The normalized spacial score (nSPS) is 16.5. The van der Waals surface area contributed by atoms with E-state index in [1.807, 2.05) is 48.5 Å². The SMILES string of the molecule is O=C(NC1CC1)c1ccc(-c2cccc(C(=O)NC3CC3)c2)cc1. The lowest BCUT2D eigenvalue weighted by Crippen LogP contribution is -2.25. The van der Waals surface area contributed by atoms with Crippen molar-refractivity contribution in [2.75, 3.05) is 0 Å². The van der Waals surface area contributed by atoms with Crippen molar-refractivity contribution in [3.63, 3.8) is 0 Å². The van der Waals surface area contributed by atoms with Crippen molar-refractivity contribution in [2.24, 2.45) is 0 Å². The van der Waals surface area contributed by atoms with Crippen molar-refractivity contribution in [3.8, 4) is 11.1 Å². The molecule has 2 aromatic carbocycles. The van der Waals surface area contributed by atoms with Crippen molar-refractivity contribution in [2.45, 2.75) is 37.8 Å². The Hall–Kier alpha value is -2.62. The zero-order valence-corrected chi connectivity index (χ0v) is 13.4. The van der Waals surface area contributed by atoms with Crippen LogP contribution < -0.4 is 10.6 Å². The van der Waals surface area contributed by atoms with Gasteiger partial charge in [-0.25, -0.2) is 0 Å². The maximum Gasteiger partial charge on any atom is 0.251 e. The Kier molecular flexibility index (Phi) is 3.81. The number of rotatable bonds is 5. The van der Waals surface area contributed by atoms with Crippen molar-refractivity contribution >= 4 is 11.8 Å². The number of hydrogen-bond acceptors (Lipinski definition) is 2. The van der Waals surface area contributed by atoms with Crippen LogP contribution in [0.2, 0.25) is 0 Å². The lowest BCUT2D eigenvalue weighted by molar-refractivity contribution is 0.0942. The molecule has 2 N–H and O–H groups in total. The molecule has 0 bridgehead atoms. The molecule has 0 spiro atoms. The zero-order chi connectivity index (χ0) is 16.5. The van der Waals surface area contributed by atoms with E-state index in [2.05, 4.69) is 10.6 Å². The van der Waals surface area contributed by atoms with Gasteiger partial charge in [-0.2, -0.15) is 0 Å². The van der Waals surface area contributed by atoms with Crippen LogP contribution in [0, 0.1) is 0 Å². The number of nitrogens with one attached hydrogen (secondary N) is 2. The molecule has 2 aromatic rings. The van der Waals surface area contributed by atoms with Crippen LogP contribution in [-0.2, 0) is 0 Å². The van der Waals surface area contributed by atoms with Crippen LogP contribution >= 0.6 is 0 Å². The smallest absolute Gasteiger partial charge is 0.251 e. The van der Waals surface area contributed by atoms with Gasteiger partial charge in [-0.3, -0.25) is 9.59 Å². The van der Waals surface area contributed by atoms with E-state index in [1.165, 1.54) is 0 Å². The van der Waals surface area contributed by atoms with Gasteiger partial charge in [-0.05, 0) is 61.1 Å². The summed E-state index contributed by atoms with van der Waals surface area (Å²) < 4.78 is 0. The summed E-state index contributed by atoms with van der Waals surface area (Å²) >= 11 is 0. The highest BCUT2D eigenvalue weighted by atomic mass is 16.2. The van der Waals surface area contributed by atoms with Crippen molar-refractivity contribution in [1.29, 1.82) is 0 Å². The standard InChI is InChI=1S/C20H20N2O2/c23-19(21-17-8-9-17)14-6-4-13(5-7-14)15-2-1-3-16(12-15)20(24)22-18-10-11-18/h1-7,12,17-18H,8-11H2,(H,21,23)(H,22,24). The highest BCUT2D eigenvalue weighted by Gasteiger charge is 2.24. The summed E-state index contributed by atoms with van der Waals surface area (Å²) in [6, 6.07) is 15.9. The third kappa shape index (κ3) is 3.48. The largest absolute Gasteiger partial charge is 0.349 e. The number of benzene rings is 2. The van der Waals surface area contributed by atoms with Gasteiger partial charge in [0.1, 0.15) is 0 Å².